The highest BCUT2D eigenvalue weighted by Crippen LogP contribution is 2.09. The van der Waals surface area contributed by atoms with Crippen LogP contribution in [0.15, 0.2) is 20.3 Å². The number of aromatic nitrogens is 2. The monoisotopic (exact) mass is 330 g/mol. The Kier molecular flexibility index (Phi) is 4.20. The number of nitrogens with one attached hydrogen (secondary N) is 1. The van der Waals surface area contributed by atoms with Gasteiger partial charge in [0.05, 0.1) is 4.47 Å². The Morgan fingerprint density at radius 2 is 2.26 bits per heavy atom. The number of nitrogens with two attached hydrogens (primary N) is 1. The highest BCUT2D eigenvalue weighted by Gasteiger charge is 2.21. The highest BCUT2D eigenvalue weighted by molar-refractivity contribution is 9.10. The van der Waals surface area contributed by atoms with Crippen molar-refractivity contribution in [2.75, 3.05) is 13.1 Å². The lowest BCUT2D eigenvalue weighted by Gasteiger charge is -2.30. The van der Waals surface area contributed by atoms with Crippen LogP contribution in [0, 0.1) is 0 Å². The quantitative estimate of drug-likeness (QED) is 0.744. The van der Waals surface area contributed by atoms with Gasteiger partial charge in [-0.15, -0.1) is 0 Å². The van der Waals surface area contributed by atoms with Gasteiger partial charge in [0.2, 0.25) is 5.91 Å². The van der Waals surface area contributed by atoms with E-state index in [1.807, 2.05) is 0 Å². The van der Waals surface area contributed by atoms with E-state index in [9.17, 15) is 14.4 Å². The van der Waals surface area contributed by atoms with Crippen LogP contribution in [0.2, 0.25) is 0 Å². The van der Waals surface area contributed by atoms with Crippen molar-refractivity contribution in [2.45, 2.75) is 25.4 Å². The molecule has 1 aliphatic heterocycles. The molecule has 1 fully saturated rings. The maximum absolute atomic E-state index is 12.1. The van der Waals surface area contributed by atoms with E-state index < -0.39 is 11.2 Å². The minimum atomic E-state index is -0.595. The molecule has 1 saturated heterocycles. The van der Waals surface area contributed by atoms with Gasteiger partial charge in [-0.05, 0) is 28.8 Å². The molecule has 3 N–H and O–H groups in total. The number of piperidine rings is 1. The number of nitrogens with zero attached hydrogens (tertiary/aromatic N) is 2. The predicted molar refractivity (Wildman–Crippen MR) is 72.8 cm³/mol. The molecule has 8 heteroatoms. The first kappa shape index (κ1) is 14.0. The van der Waals surface area contributed by atoms with Crippen molar-refractivity contribution in [2.24, 2.45) is 5.73 Å². The highest BCUT2D eigenvalue weighted by atomic mass is 79.9. The van der Waals surface area contributed by atoms with Gasteiger partial charge < -0.3 is 10.6 Å². The second-order valence-corrected chi connectivity index (χ2v) is 5.46. The van der Waals surface area contributed by atoms with Crippen LogP contribution >= 0.6 is 15.9 Å². The van der Waals surface area contributed by atoms with E-state index in [1.54, 1.807) is 4.90 Å². The van der Waals surface area contributed by atoms with Crippen molar-refractivity contribution >= 4 is 21.8 Å². The third kappa shape index (κ3) is 3.32. The van der Waals surface area contributed by atoms with Gasteiger partial charge in [0.25, 0.3) is 5.56 Å². The molecule has 0 radical (unpaired) electrons. The molecular formula is C11H15BrN4O3. The molecule has 1 aromatic heterocycles. The molecule has 0 saturated carbocycles. The smallest absolute Gasteiger partial charge is 0.328 e. The molecule has 2 rings (SSSR count). The summed E-state index contributed by atoms with van der Waals surface area (Å²) in [5.74, 6) is -0.170. The van der Waals surface area contributed by atoms with Crippen LogP contribution in [0.4, 0.5) is 0 Å². The summed E-state index contributed by atoms with van der Waals surface area (Å²) >= 11 is 3.03. The number of halogens is 1. The minimum Gasteiger partial charge on any atom is -0.340 e. The molecule has 0 bridgehead atoms. The largest absolute Gasteiger partial charge is 0.340 e. The summed E-state index contributed by atoms with van der Waals surface area (Å²) in [6.45, 7) is 1.07. The fraction of sp³-hybridized carbons (Fsp3) is 0.545. The van der Waals surface area contributed by atoms with Crippen LogP contribution < -0.4 is 17.0 Å². The average molecular weight is 331 g/mol. The normalized spacial score (nSPS) is 19.5. The number of hydrogen-bond acceptors (Lipinski definition) is 4. The van der Waals surface area contributed by atoms with Crippen LogP contribution in [0.25, 0.3) is 0 Å². The SMILES string of the molecule is NC1CCCN(C(=O)Cn2cc(Br)c(=O)[nH]c2=O)C1. The first-order valence-electron chi connectivity index (χ1n) is 6.00. The number of hydrogen-bond donors (Lipinski definition) is 2. The Morgan fingerprint density at radius 1 is 1.53 bits per heavy atom. The molecule has 7 nitrogen and oxygen atoms in total. The van der Waals surface area contributed by atoms with Gasteiger partial charge in [-0.3, -0.25) is 19.1 Å². The Hall–Kier alpha value is -1.41. The molecule has 1 atom stereocenters. The van der Waals surface area contributed by atoms with Crippen molar-refractivity contribution in [1.82, 2.24) is 14.5 Å². The molecule has 1 aromatic rings. The van der Waals surface area contributed by atoms with Crippen LogP contribution in [0.1, 0.15) is 12.8 Å². The summed E-state index contributed by atoms with van der Waals surface area (Å²) < 4.78 is 1.39. The maximum Gasteiger partial charge on any atom is 0.328 e. The number of aromatic amines is 1. The lowest BCUT2D eigenvalue weighted by Crippen LogP contribution is -2.47. The molecule has 1 unspecified atom stereocenters. The molecule has 0 aliphatic carbocycles. The number of amides is 1. The van der Waals surface area contributed by atoms with Gasteiger partial charge in [0, 0.05) is 25.3 Å². The third-order valence-corrected chi connectivity index (χ3v) is 3.65. The Labute approximate surface area is 117 Å². The summed E-state index contributed by atoms with van der Waals surface area (Å²) in [6, 6.07) is -0.00302. The zero-order valence-corrected chi connectivity index (χ0v) is 11.9. The van der Waals surface area contributed by atoms with Gasteiger partial charge in [-0.25, -0.2) is 4.79 Å². The van der Waals surface area contributed by atoms with Crippen molar-refractivity contribution in [1.29, 1.82) is 0 Å². The summed E-state index contributed by atoms with van der Waals surface area (Å²) in [6.07, 6.45) is 3.11. The van der Waals surface area contributed by atoms with Crippen molar-refractivity contribution < 1.29 is 4.79 Å². The lowest BCUT2D eigenvalue weighted by atomic mass is 10.1. The van der Waals surface area contributed by atoms with E-state index in [1.165, 1.54) is 10.8 Å². The summed E-state index contributed by atoms with van der Waals surface area (Å²) in [5, 5.41) is 0. The Morgan fingerprint density at radius 3 is 2.95 bits per heavy atom. The van der Waals surface area contributed by atoms with Crippen LogP contribution in [0.3, 0.4) is 0 Å². The first-order chi connectivity index (χ1) is 8.97. The Bertz CT molecular complexity index is 594. The van der Waals surface area contributed by atoms with Crippen LogP contribution in [-0.4, -0.2) is 39.5 Å². The zero-order valence-electron chi connectivity index (χ0n) is 10.3. The second-order valence-electron chi connectivity index (χ2n) is 4.61. The average Bonchev–Trinajstić information content (AvgIpc) is 2.36. The molecule has 1 aliphatic rings. The fourth-order valence-corrected chi connectivity index (χ4v) is 2.43. The van der Waals surface area contributed by atoms with E-state index in [0.29, 0.717) is 13.1 Å². The zero-order chi connectivity index (χ0) is 14.0. The van der Waals surface area contributed by atoms with Gasteiger partial charge >= 0.3 is 5.69 Å². The van der Waals surface area contributed by atoms with Crippen LogP contribution in [-0.2, 0) is 11.3 Å². The summed E-state index contributed by atoms with van der Waals surface area (Å²) in [5.41, 5.74) is 4.71. The van der Waals surface area contributed by atoms with E-state index in [-0.39, 0.29) is 23.0 Å². The van der Waals surface area contributed by atoms with E-state index in [0.717, 1.165) is 12.8 Å². The summed E-state index contributed by atoms with van der Waals surface area (Å²) in [7, 11) is 0. The Balaban J connectivity index is 2.13. The van der Waals surface area contributed by atoms with Gasteiger partial charge in [-0.1, -0.05) is 0 Å². The molecule has 0 aromatic carbocycles. The van der Waals surface area contributed by atoms with Crippen molar-refractivity contribution in [3.63, 3.8) is 0 Å². The van der Waals surface area contributed by atoms with Crippen LogP contribution in [0.5, 0.6) is 0 Å². The lowest BCUT2D eigenvalue weighted by molar-refractivity contribution is -0.133. The molecule has 104 valence electrons. The number of carbonyl (C=O) groups excluding carboxylic acids is 1. The number of carbonyl (C=O) groups is 1. The maximum atomic E-state index is 12.1. The fourth-order valence-electron chi connectivity index (χ4n) is 2.08. The number of H-pyrrole nitrogens is 1. The van der Waals surface area contributed by atoms with E-state index in [4.69, 9.17) is 5.73 Å². The van der Waals surface area contributed by atoms with Crippen molar-refractivity contribution in [3.05, 3.63) is 31.5 Å². The molecular weight excluding hydrogens is 316 g/mol. The number of likely N-dealkylation sites (tertiary alicyclic amines) is 1. The van der Waals surface area contributed by atoms with Crippen molar-refractivity contribution in [3.8, 4) is 0 Å². The first-order valence-corrected chi connectivity index (χ1v) is 6.79. The predicted octanol–water partition coefficient (Wildman–Crippen LogP) is -0.751. The second kappa shape index (κ2) is 5.70. The molecule has 19 heavy (non-hydrogen) atoms. The topological polar surface area (TPSA) is 101 Å². The van der Waals surface area contributed by atoms with Gasteiger partial charge in [0.15, 0.2) is 0 Å². The molecule has 0 spiro atoms. The molecule has 2 heterocycles. The van der Waals surface area contributed by atoms with Gasteiger partial charge in [-0.2, -0.15) is 0 Å². The minimum absolute atomic E-state index is 0.00302. The standard InChI is InChI=1S/C11H15BrN4O3/c12-8-5-16(11(19)14-10(8)18)6-9(17)15-3-1-2-7(13)4-15/h5,7H,1-4,6,13H2,(H,14,18,19). The number of rotatable bonds is 2. The van der Waals surface area contributed by atoms with E-state index >= 15 is 0 Å². The molecule has 1 amide bonds. The summed E-state index contributed by atoms with van der Waals surface area (Å²) in [4.78, 5) is 38.6. The third-order valence-electron chi connectivity index (χ3n) is 3.08. The van der Waals surface area contributed by atoms with Gasteiger partial charge in [0.1, 0.15) is 6.54 Å². The van der Waals surface area contributed by atoms with E-state index in [2.05, 4.69) is 20.9 Å².